The molecule has 1 N–H and O–H groups in total. The van der Waals surface area contributed by atoms with Gasteiger partial charge in [-0.25, -0.2) is 0 Å². The van der Waals surface area contributed by atoms with Gasteiger partial charge in [0, 0.05) is 13.2 Å². The molecule has 0 aromatic heterocycles. The van der Waals surface area contributed by atoms with Crippen molar-refractivity contribution in [1.29, 1.82) is 0 Å². The van der Waals surface area contributed by atoms with Gasteiger partial charge in [-0.2, -0.15) is 0 Å². The van der Waals surface area contributed by atoms with E-state index >= 15 is 0 Å². The van der Waals surface area contributed by atoms with E-state index in [1.54, 1.807) is 7.11 Å². The summed E-state index contributed by atoms with van der Waals surface area (Å²) in [5.74, 6) is 0.863. The SMILES string of the molecule is COc1ccc(CN(C)C2COCCC2O)cc1. The number of rotatable bonds is 4. The first-order valence-corrected chi connectivity index (χ1v) is 6.29. The fourth-order valence-electron chi connectivity index (χ4n) is 2.27. The van der Waals surface area contributed by atoms with Crippen LogP contribution >= 0.6 is 0 Å². The molecule has 2 unspecified atom stereocenters. The molecular formula is C14H21NO3. The topological polar surface area (TPSA) is 41.9 Å². The van der Waals surface area contributed by atoms with Gasteiger partial charge in [-0.05, 0) is 31.2 Å². The zero-order valence-electron chi connectivity index (χ0n) is 11.0. The highest BCUT2D eigenvalue weighted by atomic mass is 16.5. The van der Waals surface area contributed by atoms with Crippen LogP contribution in [0.5, 0.6) is 5.75 Å². The zero-order valence-corrected chi connectivity index (χ0v) is 11.0. The number of aliphatic hydroxyl groups is 1. The van der Waals surface area contributed by atoms with E-state index in [-0.39, 0.29) is 12.1 Å². The molecule has 1 aliphatic rings. The van der Waals surface area contributed by atoms with Gasteiger partial charge in [-0.1, -0.05) is 12.1 Å². The molecule has 2 atom stereocenters. The number of ether oxygens (including phenoxy) is 2. The number of aliphatic hydroxyl groups excluding tert-OH is 1. The van der Waals surface area contributed by atoms with Gasteiger partial charge in [-0.3, -0.25) is 4.90 Å². The summed E-state index contributed by atoms with van der Waals surface area (Å²) >= 11 is 0. The van der Waals surface area contributed by atoms with Crippen molar-refractivity contribution in [2.75, 3.05) is 27.4 Å². The van der Waals surface area contributed by atoms with Crippen LogP contribution in [0, 0.1) is 0 Å². The Hall–Kier alpha value is -1.10. The average Bonchev–Trinajstić information content (AvgIpc) is 2.40. The van der Waals surface area contributed by atoms with Crippen molar-refractivity contribution >= 4 is 0 Å². The number of benzene rings is 1. The summed E-state index contributed by atoms with van der Waals surface area (Å²) in [4.78, 5) is 2.14. The normalized spacial score (nSPS) is 24.2. The Morgan fingerprint density at radius 1 is 1.39 bits per heavy atom. The summed E-state index contributed by atoms with van der Waals surface area (Å²) in [5, 5.41) is 9.96. The van der Waals surface area contributed by atoms with Crippen molar-refractivity contribution < 1.29 is 14.6 Å². The number of likely N-dealkylation sites (N-methyl/N-ethyl adjacent to an activating group) is 1. The Balaban J connectivity index is 1.94. The van der Waals surface area contributed by atoms with Crippen LogP contribution in [0.15, 0.2) is 24.3 Å². The van der Waals surface area contributed by atoms with Crippen molar-refractivity contribution in [3.63, 3.8) is 0 Å². The van der Waals surface area contributed by atoms with Crippen molar-refractivity contribution in [1.82, 2.24) is 4.90 Å². The summed E-state index contributed by atoms with van der Waals surface area (Å²) in [6, 6.07) is 8.09. The molecule has 0 radical (unpaired) electrons. The molecule has 4 heteroatoms. The molecule has 0 bridgehead atoms. The molecule has 4 nitrogen and oxygen atoms in total. The lowest BCUT2D eigenvalue weighted by Gasteiger charge is -2.35. The van der Waals surface area contributed by atoms with Gasteiger partial charge < -0.3 is 14.6 Å². The van der Waals surface area contributed by atoms with Crippen molar-refractivity contribution in [3.8, 4) is 5.75 Å². The molecule has 0 spiro atoms. The van der Waals surface area contributed by atoms with Crippen LogP contribution in [-0.4, -0.2) is 49.5 Å². The number of hydrogen-bond acceptors (Lipinski definition) is 4. The van der Waals surface area contributed by atoms with Crippen molar-refractivity contribution in [2.24, 2.45) is 0 Å². The molecule has 1 saturated heterocycles. The quantitative estimate of drug-likeness (QED) is 0.875. The number of hydrogen-bond donors (Lipinski definition) is 1. The monoisotopic (exact) mass is 251 g/mol. The van der Waals surface area contributed by atoms with E-state index in [4.69, 9.17) is 9.47 Å². The second kappa shape index (κ2) is 6.18. The highest BCUT2D eigenvalue weighted by Crippen LogP contribution is 2.17. The minimum atomic E-state index is -0.290. The summed E-state index contributed by atoms with van der Waals surface area (Å²) in [6.45, 7) is 2.07. The Bertz CT molecular complexity index is 366. The van der Waals surface area contributed by atoms with Gasteiger partial charge in [0.2, 0.25) is 0 Å². The number of methoxy groups -OCH3 is 1. The van der Waals surface area contributed by atoms with E-state index in [0.717, 1.165) is 18.7 Å². The molecule has 1 aliphatic heterocycles. The largest absolute Gasteiger partial charge is 0.497 e. The lowest BCUT2D eigenvalue weighted by molar-refractivity contribution is -0.0563. The Morgan fingerprint density at radius 2 is 2.11 bits per heavy atom. The van der Waals surface area contributed by atoms with Crippen molar-refractivity contribution in [3.05, 3.63) is 29.8 Å². The van der Waals surface area contributed by atoms with Crippen LogP contribution in [0.4, 0.5) is 0 Å². The van der Waals surface area contributed by atoms with Crippen LogP contribution in [0.1, 0.15) is 12.0 Å². The van der Waals surface area contributed by atoms with E-state index in [0.29, 0.717) is 13.2 Å². The molecule has 1 aromatic rings. The molecule has 0 saturated carbocycles. The molecule has 18 heavy (non-hydrogen) atoms. The lowest BCUT2D eigenvalue weighted by Crippen LogP contribution is -2.47. The molecule has 1 heterocycles. The molecule has 1 fully saturated rings. The third kappa shape index (κ3) is 3.22. The maximum absolute atomic E-state index is 9.96. The second-order valence-electron chi connectivity index (χ2n) is 4.76. The fourth-order valence-corrected chi connectivity index (χ4v) is 2.27. The number of nitrogens with zero attached hydrogens (tertiary/aromatic N) is 1. The predicted molar refractivity (Wildman–Crippen MR) is 69.7 cm³/mol. The smallest absolute Gasteiger partial charge is 0.118 e. The first kappa shape index (κ1) is 13.3. The molecule has 2 rings (SSSR count). The standard InChI is InChI=1S/C14H21NO3/c1-15(13-10-18-8-7-14(13)16)9-11-3-5-12(17-2)6-4-11/h3-6,13-14,16H,7-10H2,1-2H3. The minimum absolute atomic E-state index is 0.0841. The van der Waals surface area contributed by atoms with E-state index < -0.39 is 0 Å². The molecule has 0 aliphatic carbocycles. The van der Waals surface area contributed by atoms with Crippen LogP contribution < -0.4 is 4.74 Å². The second-order valence-corrected chi connectivity index (χ2v) is 4.76. The van der Waals surface area contributed by atoms with Gasteiger partial charge in [0.15, 0.2) is 0 Å². The average molecular weight is 251 g/mol. The summed E-state index contributed by atoms with van der Waals surface area (Å²) in [7, 11) is 3.68. The van der Waals surface area contributed by atoms with Gasteiger partial charge in [0.25, 0.3) is 0 Å². The zero-order chi connectivity index (χ0) is 13.0. The summed E-state index contributed by atoms with van der Waals surface area (Å²) in [6.07, 6.45) is 0.430. The Labute approximate surface area is 108 Å². The molecular weight excluding hydrogens is 230 g/mol. The van der Waals surface area contributed by atoms with Gasteiger partial charge in [-0.15, -0.1) is 0 Å². The van der Waals surface area contributed by atoms with Crippen LogP contribution in [0.25, 0.3) is 0 Å². The predicted octanol–water partition coefficient (Wildman–Crippen LogP) is 1.28. The Morgan fingerprint density at radius 3 is 2.72 bits per heavy atom. The summed E-state index contributed by atoms with van der Waals surface area (Å²) < 4.78 is 10.6. The van der Waals surface area contributed by atoms with Crippen LogP contribution in [0.3, 0.4) is 0 Å². The first-order valence-electron chi connectivity index (χ1n) is 6.29. The van der Waals surface area contributed by atoms with E-state index in [1.807, 2.05) is 31.3 Å². The lowest BCUT2D eigenvalue weighted by atomic mass is 10.0. The maximum atomic E-state index is 9.96. The summed E-state index contributed by atoms with van der Waals surface area (Å²) in [5.41, 5.74) is 1.20. The van der Waals surface area contributed by atoms with Crippen LogP contribution in [0.2, 0.25) is 0 Å². The molecule has 100 valence electrons. The van der Waals surface area contributed by atoms with Crippen LogP contribution in [-0.2, 0) is 11.3 Å². The van der Waals surface area contributed by atoms with Gasteiger partial charge in [0.1, 0.15) is 5.75 Å². The van der Waals surface area contributed by atoms with Gasteiger partial charge >= 0.3 is 0 Å². The maximum Gasteiger partial charge on any atom is 0.118 e. The minimum Gasteiger partial charge on any atom is -0.497 e. The Kier molecular flexibility index (Phi) is 4.58. The fraction of sp³-hybridized carbons (Fsp3) is 0.571. The van der Waals surface area contributed by atoms with Gasteiger partial charge in [0.05, 0.1) is 25.9 Å². The molecule has 0 amide bonds. The highest BCUT2D eigenvalue weighted by molar-refractivity contribution is 5.27. The van der Waals surface area contributed by atoms with E-state index in [2.05, 4.69) is 4.90 Å². The third-order valence-corrected chi connectivity index (χ3v) is 3.45. The van der Waals surface area contributed by atoms with Crippen molar-refractivity contribution in [2.45, 2.75) is 25.1 Å². The van der Waals surface area contributed by atoms with E-state index in [9.17, 15) is 5.11 Å². The molecule has 1 aromatic carbocycles. The van der Waals surface area contributed by atoms with E-state index in [1.165, 1.54) is 5.56 Å². The third-order valence-electron chi connectivity index (χ3n) is 3.45. The first-order chi connectivity index (χ1) is 8.70. The highest BCUT2D eigenvalue weighted by Gasteiger charge is 2.27.